The van der Waals surface area contributed by atoms with E-state index in [-0.39, 0.29) is 5.95 Å². The lowest BCUT2D eigenvalue weighted by molar-refractivity contribution is -0.141. The summed E-state index contributed by atoms with van der Waals surface area (Å²) in [6.07, 6.45) is -0.568. The normalized spacial score (nSPS) is 12.2. The van der Waals surface area contributed by atoms with Crippen LogP contribution in [0.5, 0.6) is 0 Å². The number of hydrogen-bond acceptors (Lipinski definition) is 4. The number of aliphatic imine (C=N–C) groups is 1. The van der Waals surface area contributed by atoms with E-state index in [1.807, 2.05) is 12.3 Å². The Morgan fingerprint density at radius 3 is 2.70 bits per heavy atom. The number of nitrogens with one attached hydrogen (secondary N) is 4. The molecule has 0 bridgehead atoms. The number of aromatic nitrogens is 3. The van der Waals surface area contributed by atoms with Crippen molar-refractivity contribution in [2.75, 3.05) is 32.0 Å². The summed E-state index contributed by atoms with van der Waals surface area (Å²) in [5, 5.41) is 10.4. The van der Waals surface area contributed by atoms with Crippen molar-refractivity contribution in [1.29, 1.82) is 0 Å². The van der Waals surface area contributed by atoms with Gasteiger partial charge in [0.25, 0.3) is 0 Å². The van der Waals surface area contributed by atoms with Crippen molar-refractivity contribution < 1.29 is 13.2 Å². The molecule has 0 saturated carbocycles. The lowest BCUT2D eigenvalue weighted by atomic mass is 10.1. The molecule has 0 amide bonds. The van der Waals surface area contributed by atoms with Crippen LogP contribution in [0.3, 0.4) is 0 Å². The van der Waals surface area contributed by atoms with E-state index >= 15 is 0 Å². The van der Waals surface area contributed by atoms with Gasteiger partial charge in [-0.25, -0.2) is 9.97 Å². The molecule has 0 fully saturated rings. The molecule has 10 heteroatoms. The number of H-pyrrole nitrogens is 1. The van der Waals surface area contributed by atoms with Gasteiger partial charge in [-0.05, 0) is 36.6 Å². The lowest BCUT2D eigenvalue weighted by Gasteiger charge is -2.13. The van der Waals surface area contributed by atoms with Crippen molar-refractivity contribution in [2.24, 2.45) is 4.99 Å². The predicted octanol–water partition coefficient (Wildman–Crippen LogP) is 3.10. The maximum atomic E-state index is 12.7. The van der Waals surface area contributed by atoms with Gasteiger partial charge in [0.1, 0.15) is 5.69 Å². The lowest BCUT2D eigenvalue weighted by Crippen LogP contribution is -2.40. The van der Waals surface area contributed by atoms with E-state index in [9.17, 15) is 13.2 Å². The zero-order valence-electron chi connectivity index (χ0n) is 16.8. The Hall–Kier alpha value is -3.30. The summed E-state index contributed by atoms with van der Waals surface area (Å²) in [4.78, 5) is 14.7. The van der Waals surface area contributed by atoms with E-state index < -0.39 is 11.9 Å². The first-order chi connectivity index (χ1) is 14.4. The van der Waals surface area contributed by atoms with Crippen LogP contribution >= 0.6 is 0 Å². The summed E-state index contributed by atoms with van der Waals surface area (Å²) >= 11 is 0. The molecule has 1 aromatic carbocycles. The van der Waals surface area contributed by atoms with Crippen LogP contribution in [0.2, 0.25) is 0 Å². The van der Waals surface area contributed by atoms with Gasteiger partial charge in [0, 0.05) is 50.0 Å². The van der Waals surface area contributed by atoms with Crippen LogP contribution in [0.1, 0.15) is 16.8 Å². The Balaban J connectivity index is 1.43. The maximum absolute atomic E-state index is 12.7. The molecule has 3 rings (SSSR count). The summed E-state index contributed by atoms with van der Waals surface area (Å²) in [7, 11) is 1.66. The highest BCUT2D eigenvalue weighted by Gasteiger charge is 2.32. The minimum Gasteiger partial charge on any atom is -0.361 e. The second kappa shape index (κ2) is 9.47. The quantitative estimate of drug-likeness (QED) is 0.268. The number of rotatable bonds is 7. The number of alkyl halides is 3. The third-order valence-corrected chi connectivity index (χ3v) is 4.55. The van der Waals surface area contributed by atoms with Crippen LogP contribution in [0.15, 0.2) is 41.7 Å². The number of guanidine groups is 1. The molecular formula is C20H24F3N7. The molecule has 30 heavy (non-hydrogen) atoms. The summed E-state index contributed by atoms with van der Waals surface area (Å²) in [5.74, 6) is 0.544. The van der Waals surface area contributed by atoms with E-state index in [0.29, 0.717) is 25.6 Å². The number of benzene rings is 1. The fourth-order valence-corrected chi connectivity index (χ4v) is 3.14. The van der Waals surface area contributed by atoms with Crippen LogP contribution < -0.4 is 16.0 Å². The largest absolute Gasteiger partial charge is 0.433 e. The topological polar surface area (TPSA) is 90.0 Å². The van der Waals surface area contributed by atoms with Gasteiger partial charge >= 0.3 is 6.18 Å². The first-order valence-electron chi connectivity index (χ1n) is 9.52. The number of aryl methyl sites for hydroxylation is 1. The Morgan fingerprint density at radius 2 is 1.93 bits per heavy atom. The highest BCUT2D eigenvalue weighted by Crippen LogP contribution is 2.27. The molecule has 160 valence electrons. The van der Waals surface area contributed by atoms with Gasteiger partial charge in [0.15, 0.2) is 5.96 Å². The smallest absolute Gasteiger partial charge is 0.361 e. The molecule has 2 aromatic heterocycles. The summed E-state index contributed by atoms with van der Waals surface area (Å²) in [6, 6.07) is 7.01. The highest BCUT2D eigenvalue weighted by atomic mass is 19.4. The van der Waals surface area contributed by atoms with Crippen molar-refractivity contribution in [3.05, 3.63) is 53.5 Å². The number of hydrogen-bond donors (Lipinski definition) is 4. The highest BCUT2D eigenvalue weighted by molar-refractivity contribution is 5.86. The second-order valence-electron chi connectivity index (χ2n) is 6.68. The summed E-state index contributed by atoms with van der Waals surface area (Å²) in [5.41, 5.74) is 2.61. The van der Waals surface area contributed by atoms with Crippen LogP contribution in [0.4, 0.5) is 19.1 Å². The van der Waals surface area contributed by atoms with E-state index in [0.717, 1.165) is 24.2 Å². The fraction of sp³-hybridized carbons (Fsp3) is 0.350. The van der Waals surface area contributed by atoms with Crippen LogP contribution in [-0.2, 0) is 12.6 Å². The maximum Gasteiger partial charge on any atom is 0.433 e. The molecule has 0 aliphatic rings. The molecule has 7 nitrogen and oxygen atoms in total. The Bertz CT molecular complexity index is 1010. The SMILES string of the molecule is CN=C(NCCNc1nccc(C(F)(F)F)n1)NCCc1c[nH]c2cccc(C)c12. The van der Waals surface area contributed by atoms with Crippen molar-refractivity contribution in [3.8, 4) is 0 Å². The van der Waals surface area contributed by atoms with Gasteiger partial charge in [0.2, 0.25) is 5.95 Å². The third kappa shape index (κ3) is 5.40. The zero-order chi connectivity index (χ0) is 21.6. The monoisotopic (exact) mass is 419 g/mol. The van der Waals surface area contributed by atoms with Gasteiger partial charge in [-0.15, -0.1) is 0 Å². The van der Waals surface area contributed by atoms with E-state index in [1.54, 1.807) is 7.05 Å². The molecule has 0 spiro atoms. The zero-order valence-corrected chi connectivity index (χ0v) is 16.8. The van der Waals surface area contributed by atoms with E-state index in [1.165, 1.54) is 16.5 Å². The first-order valence-corrected chi connectivity index (χ1v) is 9.52. The molecule has 0 saturated heterocycles. The minimum atomic E-state index is -4.49. The molecule has 4 N–H and O–H groups in total. The fourth-order valence-electron chi connectivity index (χ4n) is 3.14. The average molecular weight is 419 g/mol. The number of aromatic amines is 1. The van der Waals surface area contributed by atoms with Gasteiger partial charge in [-0.3, -0.25) is 4.99 Å². The third-order valence-electron chi connectivity index (χ3n) is 4.55. The summed E-state index contributed by atoms with van der Waals surface area (Å²) in [6.45, 7) is 3.55. The van der Waals surface area contributed by atoms with Crippen molar-refractivity contribution in [3.63, 3.8) is 0 Å². The van der Waals surface area contributed by atoms with Crippen LogP contribution in [0, 0.1) is 6.92 Å². The molecule has 2 heterocycles. The Kier molecular flexibility index (Phi) is 6.76. The molecule has 0 radical (unpaired) electrons. The van der Waals surface area contributed by atoms with Gasteiger partial charge < -0.3 is 20.9 Å². The van der Waals surface area contributed by atoms with Gasteiger partial charge in [0.05, 0.1) is 0 Å². The number of fused-ring (bicyclic) bond motifs is 1. The molecule has 0 aliphatic carbocycles. The predicted molar refractivity (Wildman–Crippen MR) is 112 cm³/mol. The van der Waals surface area contributed by atoms with Crippen LogP contribution in [0.25, 0.3) is 10.9 Å². The first kappa shape index (κ1) is 21.4. The number of halogens is 3. The van der Waals surface area contributed by atoms with Gasteiger partial charge in [-0.1, -0.05) is 12.1 Å². The molecule has 0 unspecified atom stereocenters. The standard InChI is InChI=1S/C20H24F3N7/c1-13-4-3-5-15-17(13)14(12-29-15)6-8-25-18(24-2)27-10-11-28-19-26-9-7-16(30-19)20(21,22)23/h3-5,7,9,12,29H,6,8,10-11H2,1-2H3,(H2,24,25,27)(H,26,28,30). The molecule has 0 atom stereocenters. The average Bonchev–Trinajstić information content (AvgIpc) is 3.14. The van der Waals surface area contributed by atoms with Crippen molar-refractivity contribution in [2.45, 2.75) is 19.5 Å². The number of nitrogens with zero attached hydrogens (tertiary/aromatic N) is 3. The second-order valence-corrected chi connectivity index (χ2v) is 6.68. The molecule has 0 aliphatic heterocycles. The Labute approximate surface area is 172 Å². The summed E-state index contributed by atoms with van der Waals surface area (Å²) < 4.78 is 38.0. The minimum absolute atomic E-state index is 0.0655. The van der Waals surface area contributed by atoms with Crippen molar-refractivity contribution in [1.82, 2.24) is 25.6 Å². The Morgan fingerprint density at radius 1 is 1.13 bits per heavy atom. The number of anilines is 1. The van der Waals surface area contributed by atoms with Gasteiger partial charge in [-0.2, -0.15) is 13.2 Å². The van der Waals surface area contributed by atoms with E-state index in [4.69, 9.17) is 0 Å². The molecule has 3 aromatic rings. The van der Waals surface area contributed by atoms with Crippen LogP contribution in [-0.4, -0.2) is 47.6 Å². The van der Waals surface area contributed by atoms with Crippen molar-refractivity contribution >= 4 is 22.8 Å². The van der Waals surface area contributed by atoms with E-state index in [2.05, 4.69) is 55.0 Å². The molecular weight excluding hydrogens is 395 g/mol.